The third kappa shape index (κ3) is 54.7. The van der Waals surface area contributed by atoms with E-state index in [1.165, 1.54) is 36.5 Å². The van der Waals surface area contributed by atoms with Gasteiger partial charge in [-0.15, -0.1) is 0 Å². The molecule has 0 radical (unpaired) electrons. The summed E-state index contributed by atoms with van der Waals surface area (Å²) >= 11 is 10.4. The van der Waals surface area contributed by atoms with Crippen molar-refractivity contribution in [1.82, 2.24) is 47.9 Å². The number of amides is 6. The minimum atomic E-state index is -1.38. The van der Waals surface area contributed by atoms with E-state index < -0.39 is 274 Å². The van der Waals surface area contributed by atoms with Crippen LogP contribution in [0.15, 0.2) is 36.5 Å². The van der Waals surface area contributed by atoms with Gasteiger partial charge in [-0.1, -0.05) is 104 Å². The second-order valence-electron chi connectivity index (χ2n) is 38.3. The van der Waals surface area contributed by atoms with Crippen molar-refractivity contribution in [3.05, 3.63) is 36.5 Å². The molecule has 3 saturated carbocycles. The number of aliphatic hydroxyl groups excluding tert-OH is 30. The van der Waals surface area contributed by atoms with Crippen molar-refractivity contribution in [3.63, 3.8) is 0 Å². The molecular formula is C98H187N9O41S2. The van der Waals surface area contributed by atoms with Gasteiger partial charge in [-0.3, -0.25) is 4.79 Å². The highest BCUT2D eigenvalue weighted by Crippen LogP contribution is 2.29. The van der Waals surface area contributed by atoms with Gasteiger partial charge in [0.1, 0.15) is 110 Å². The molecule has 0 bridgehead atoms. The second-order valence-corrected chi connectivity index (χ2v) is 39.2. The maximum Gasteiger partial charge on any atom is 0.407 e. The van der Waals surface area contributed by atoms with Gasteiger partial charge in [0, 0.05) is 64.6 Å². The minimum absolute atomic E-state index is 0.0241. The van der Waals surface area contributed by atoms with Crippen molar-refractivity contribution < 1.29 is 206 Å². The Balaban J connectivity index is 0.000000900. The predicted molar refractivity (Wildman–Crippen MR) is 554 cm³/mol. The summed E-state index contributed by atoms with van der Waals surface area (Å²) in [4.78, 5) is 47.6. The van der Waals surface area contributed by atoms with E-state index >= 15 is 0 Å². The van der Waals surface area contributed by atoms with Crippen LogP contribution in [0.4, 0.5) is 14.4 Å². The van der Waals surface area contributed by atoms with Gasteiger partial charge >= 0.3 is 18.2 Å². The molecule has 150 heavy (non-hydrogen) atoms. The summed E-state index contributed by atoms with van der Waals surface area (Å²) in [5.41, 5.74) is 0. The molecule has 6 aliphatic rings. The largest absolute Gasteiger partial charge is 0.450 e. The third-order valence-electron chi connectivity index (χ3n) is 26.0. The fourth-order valence-corrected chi connectivity index (χ4v) is 16.5. The molecule has 52 heteroatoms. The molecule has 42 unspecified atom stereocenters. The van der Waals surface area contributed by atoms with Crippen LogP contribution in [0, 0.1) is 0 Å². The van der Waals surface area contributed by atoms with Crippen LogP contribution in [-0.4, -0.2) is 509 Å². The Labute approximate surface area is 890 Å². The molecule has 39 N–H and O–H groups in total. The molecule has 0 heterocycles. The van der Waals surface area contributed by atoms with Crippen LogP contribution in [0.2, 0.25) is 0 Å². The Kier molecular flexibility index (Phi) is 74.9. The van der Waals surface area contributed by atoms with Crippen LogP contribution in [-0.2, 0) is 38.0 Å². The highest BCUT2D eigenvalue weighted by Gasteiger charge is 2.44. The molecule has 0 aromatic rings. The summed E-state index contributed by atoms with van der Waals surface area (Å²) in [5.74, 6) is -0.240. The average molecular weight is 2210 g/mol. The Morgan fingerprint density at radius 3 is 0.800 bits per heavy atom. The Hall–Kier alpha value is -5.36. The van der Waals surface area contributed by atoms with Gasteiger partial charge in [0.15, 0.2) is 5.11 Å². The van der Waals surface area contributed by atoms with Crippen LogP contribution in [0.25, 0.3) is 0 Å². The molecule has 3 fully saturated rings. The summed E-state index contributed by atoms with van der Waals surface area (Å²) in [6.07, 6.45) is -21.1. The number of aliphatic hydroxyl groups is 30. The van der Waals surface area contributed by atoms with Crippen molar-refractivity contribution in [2.75, 3.05) is 65.9 Å². The van der Waals surface area contributed by atoms with Gasteiger partial charge in [0.2, 0.25) is 5.91 Å². The van der Waals surface area contributed by atoms with Crippen molar-refractivity contribution in [1.29, 1.82) is 0 Å². The third-order valence-corrected chi connectivity index (χ3v) is 26.6. The van der Waals surface area contributed by atoms with Crippen LogP contribution in [0.3, 0.4) is 0 Å². The first kappa shape index (κ1) is 143. The lowest BCUT2D eigenvalue weighted by molar-refractivity contribution is -0.157. The van der Waals surface area contributed by atoms with Crippen molar-refractivity contribution in [2.45, 2.75) is 480 Å². The average Bonchev–Trinajstić information content (AvgIpc) is 0.858. The number of alkyl carbamates (subject to hydrolysis) is 1. The molecule has 50 nitrogen and oxygen atoms in total. The first-order valence-electron chi connectivity index (χ1n) is 52.6. The molecule has 0 aromatic heterocycles. The summed E-state index contributed by atoms with van der Waals surface area (Å²) in [5, 5.41) is 320. The number of carbonyl (C=O) groups is 4. The zero-order valence-electron chi connectivity index (χ0n) is 88.6. The zero-order valence-corrected chi connectivity index (χ0v) is 90.2. The monoisotopic (exact) mass is 2210 g/mol. The van der Waals surface area contributed by atoms with E-state index in [-0.39, 0.29) is 104 Å². The summed E-state index contributed by atoms with van der Waals surface area (Å²) in [6, 6.07) is -5.31. The zero-order chi connectivity index (χ0) is 114. The van der Waals surface area contributed by atoms with Gasteiger partial charge in [0.25, 0.3) is 0 Å². The number of nitrogens with one attached hydrogen (secondary N) is 9. The lowest BCUT2D eigenvalue weighted by Crippen LogP contribution is -2.54. The molecular weight excluding hydrogens is 2020 g/mol. The first-order chi connectivity index (χ1) is 70.8. The summed E-state index contributed by atoms with van der Waals surface area (Å²) in [6.45, 7) is 22.8. The molecule has 0 spiro atoms. The maximum absolute atomic E-state index is 11.8. The SMILES string of the molecule is CCCC(=O)NC(COC1C=CC(O)C(O)C1O)C(O)CC(O)CC.CCCC(=S)NC(COC1C=CC(O)C(O)C1O)C(O)CC(O)CC.CCNC(=O)NC(COC1C=CC(O)C(O)C1O)C(O)CC(O)CC.CCNC(=O)NC(COC1CCC(O)C(O)C1O)C(O)CC(O)CC.CCNC(=S)NC(COC1CCC(O)C(O)C1O)C(O)CC(O)CC.CCOC(=O)NC(COC1CCC(O)C(O)C1O)C(O)CC(O)CC. The van der Waals surface area contributed by atoms with E-state index in [1.807, 2.05) is 34.6 Å². The number of thiocarbonyl (C=S) groups is 2. The van der Waals surface area contributed by atoms with Crippen molar-refractivity contribution >= 4 is 58.6 Å². The molecule has 0 aromatic carbocycles. The second kappa shape index (κ2) is 78.8. The topological polar surface area (TPSA) is 848 Å². The first-order valence-corrected chi connectivity index (χ1v) is 53.4. The van der Waals surface area contributed by atoms with E-state index in [0.717, 1.165) is 6.42 Å². The predicted octanol–water partition coefficient (Wildman–Crippen LogP) is -7.34. The van der Waals surface area contributed by atoms with Gasteiger partial charge in [0.05, 0.1) is 197 Å². The molecule has 0 saturated heterocycles. The fourth-order valence-electron chi connectivity index (χ4n) is 15.9. The smallest absolute Gasteiger partial charge is 0.407 e. The molecule has 6 amide bonds. The van der Waals surface area contributed by atoms with Crippen molar-refractivity contribution in [3.8, 4) is 0 Å². The molecule has 6 aliphatic carbocycles. The van der Waals surface area contributed by atoms with Crippen LogP contribution >= 0.6 is 24.4 Å². The van der Waals surface area contributed by atoms with E-state index in [9.17, 15) is 172 Å². The van der Waals surface area contributed by atoms with Crippen LogP contribution in [0.1, 0.15) is 224 Å². The highest BCUT2D eigenvalue weighted by atomic mass is 32.1. The summed E-state index contributed by atoms with van der Waals surface area (Å²) < 4.78 is 38.3. The molecule has 42 atom stereocenters. The number of hydrogen-bond donors (Lipinski definition) is 39. The van der Waals surface area contributed by atoms with E-state index in [2.05, 4.69) is 47.9 Å². The fraction of sp³-hybridized carbons (Fsp3) is 0.878. The Morgan fingerprint density at radius 1 is 0.287 bits per heavy atom. The highest BCUT2D eigenvalue weighted by molar-refractivity contribution is 7.80. The summed E-state index contributed by atoms with van der Waals surface area (Å²) in [7, 11) is 0. The lowest BCUT2D eigenvalue weighted by atomic mass is 9.89. The van der Waals surface area contributed by atoms with E-state index in [0.29, 0.717) is 113 Å². The number of hydrogen-bond acceptors (Lipinski definition) is 43. The Bertz CT molecular complexity index is 3310. The molecule has 0 aliphatic heterocycles. The van der Waals surface area contributed by atoms with E-state index in [1.54, 1.807) is 48.5 Å². The number of ether oxygens (including phenoxy) is 7. The standard InChI is InChI=1S/C17H31NO7.C17H31NO6S.C16H32N2O7.C16H30N2O7.C16H32N2O6S.C16H31NO8/c1-3-5-15(22)18-11(13(21)8-10(19)4-2)9-25-14-7-6-12(20)16(23)17(14)24;1-3-5-15(25)18-11(13(21)8-10(19)4-2)9-24-14-7-6-12(20)16(22)17(14)23;2*1-3-9(19)7-12(21)10(18-16(24)17-4-2)8-25-13-6-5-11(20)14(22)15(13)23;1-3-9(19)7-12(21)10(18-16(25)17-4-2)8-24-13-6-5-11(20)14(22)15(13)23;1-3-9(18)7-12(20)10(17-16(23)24-4-2)8-25-13-6-5-11(19)14(21)15(13)22/h6-7,10-14,16-17,19-21,23-24H,3-5,8-9H2,1-2H3,(H,18,22);6-7,10-14,16-17,19-23H,3-5,8-9H2,1-2H3,(H,18,25);9-15,19-23H,3-8H2,1-2H3,(H2,17,18,24);5-6,9-15,19-23H,3-4,7-8H2,1-2H3,(H2,17,18,24);9-15,19-23H,3-8H2,1-2H3,(H2,17,18,25);9-15,18-22H,3-8H2,1-2H3,(H,17,23). The van der Waals surface area contributed by atoms with Gasteiger partial charge in [-0.05, 0) is 136 Å². The normalized spacial score (nSPS) is 30.1. The van der Waals surface area contributed by atoms with Crippen LogP contribution in [0.5, 0.6) is 0 Å². The Morgan fingerprint density at radius 2 is 0.540 bits per heavy atom. The maximum atomic E-state index is 11.8. The number of rotatable bonds is 56. The lowest BCUT2D eigenvalue weighted by Gasteiger charge is -2.36. The van der Waals surface area contributed by atoms with Gasteiger partial charge in [-0.25, -0.2) is 14.4 Å². The molecule has 6 rings (SSSR count). The van der Waals surface area contributed by atoms with Crippen LogP contribution < -0.4 is 47.9 Å². The quantitative estimate of drug-likeness (QED) is 0.0199. The van der Waals surface area contributed by atoms with Gasteiger partial charge < -0.3 is 234 Å². The van der Waals surface area contributed by atoms with Crippen molar-refractivity contribution in [2.24, 2.45) is 0 Å². The number of urea groups is 2. The minimum Gasteiger partial charge on any atom is -0.450 e. The van der Waals surface area contributed by atoms with E-state index in [4.69, 9.17) is 57.6 Å². The van der Waals surface area contributed by atoms with Gasteiger partial charge in [-0.2, -0.15) is 0 Å². The molecule has 882 valence electrons. The number of carbonyl (C=O) groups excluding carboxylic acids is 4.